The number of nitrogens with zero attached hydrogens (tertiary/aromatic N) is 2. The van der Waals surface area contributed by atoms with Crippen LogP contribution in [0, 0.1) is 0 Å². The second-order valence-corrected chi connectivity index (χ2v) is 9.65. The van der Waals surface area contributed by atoms with Gasteiger partial charge in [-0.1, -0.05) is 13.0 Å². The highest BCUT2D eigenvalue weighted by atomic mass is 32.2. The summed E-state index contributed by atoms with van der Waals surface area (Å²) in [6.07, 6.45) is 2.18. The molecule has 5 nitrogen and oxygen atoms in total. The molecular formula is C22H28N2O3S. The number of fused-ring (bicyclic) bond motifs is 3. The van der Waals surface area contributed by atoms with Gasteiger partial charge in [0.1, 0.15) is 5.75 Å². The molecule has 0 radical (unpaired) electrons. The van der Waals surface area contributed by atoms with Crippen LogP contribution in [0.25, 0.3) is 0 Å². The molecule has 4 rings (SSSR count). The monoisotopic (exact) mass is 400 g/mol. The molecule has 0 bridgehead atoms. The van der Waals surface area contributed by atoms with Crippen molar-refractivity contribution in [2.24, 2.45) is 0 Å². The number of anilines is 1. The lowest BCUT2D eigenvalue weighted by Crippen LogP contribution is -2.31. The minimum atomic E-state index is -3.58. The van der Waals surface area contributed by atoms with Crippen LogP contribution in [0.2, 0.25) is 0 Å². The molecule has 1 saturated heterocycles. The van der Waals surface area contributed by atoms with Gasteiger partial charge < -0.3 is 14.5 Å². The molecule has 150 valence electrons. The summed E-state index contributed by atoms with van der Waals surface area (Å²) in [5.41, 5.74) is 2.35. The Morgan fingerprint density at radius 1 is 1.07 bits per heavy atom. The van der Waals surface area contributed by atoms with E-state index < -0.39 is 9.84 Å². The maximum Gasteiger partial charge on any atom is 0.206 e. The van der Waals surface area contributed by atoms with E-state index in [1.54, 1.807) is 37.4 Å². The Bertz CT molecular complexity index is 973. The first-order valence-corrected chi connectivity index (χ1v) is 11.4. The fourth-order valence-electron chi connectivity index (χ4n) is 4.69. The SMILES string of the molecule is CCN1CC[C@@H]2[C@@H](CC1)c1cc(S(=O)(=O)c3cccc(OC)c3)ccc1N2C. The van der Waals surface area contributed by atoms with Gasteiger partial charge in [0, 0.05) is 31.2 Å². The van der Waals surface area contributed by atoms with E-state index in [-0.39, 0.29) is 4.90 Å². The van der Waals surface area contributed by atoms with Crippen LogP contribution in [0.4, 0.5) is 5.69 Å². The average Bonchev–Trinajstić information content (AvgIpc) is 2.86. The zero-order chi connectivity index (χ0) is 19.9. The maximum atomic E-state index is 13.2. The van der Waals surface area contributed by atoms with Gasteiger partial charge in [0.05, 0.1) is 16.9 Å². The highest BCUT2D eigenvalue weighted by Crippen LogP contribution is 2.45. The van der Waals surface area contributed by atoms with E-state index >= 15 is 0 Å². The predicted octanol–water partition coefficient (Wildman–Crippen LogP) is 3.55. The molecule has 2 atom stereocenters. The number of hydrogen-bond donors (Lipinski definition) is 0. The lowest BCUT2D eigenvalue weighted by Gasteiger charge is -2.25. The summed E-state index contributed by atoms with van der Waals surface area (Å²) in [6.45, 7) is 5.45. The van der Waals surface area contributed by atoms with Gasteiger partial charge in [0.25, 0.3) is 0 Å². The van der Waals surface area contributed by atoms with Crippen LogP contribution in [0.1, 0.15) is 31.2 Å². The van der Waals surface area contributed by atoms with Crippen molar-refractivity contribution in [3.05, 3.63) is 48.0 Å². The average molecular weight is 401 g/mol. The van der Waals surface area contributed by atoms with Crippen LogP contribution < -0.4 is 9.64 Å². The highest BCUT2D eigenvalue weighted by Gasteiger charge is 2.38. The normalized spacial score (nSPS) is 22.5. The maximum absolute atomic E-state index is 13.2. The lowest BCUT2D eigenvalue weighted by atomic mass is 9.91. The summed E-state index contributed by atoms with van der Waals surface area (Å²) in [5.74, 6) is 0.933. The van der Waals surface area contributed by atoms with E-state index in [2.05, 4.69) is 23.8 Å². The molecule has 0 spiro atoms. The number of sulfone groups is 1. The third-order valence-electron chi connectivity index (χ3n) is 6.35. The first-order chi connectivity index (χ1) is 13.5. The number of hydrogen-bond acceptors (Lipinski definition) is 5. The molecular weight excluding hydrogens is 372 g/mol. The third-order valence-corrected chi connectivity index (χ3v) is 8.10. The summed E-state index contributed by atoms with van der Waals surface area (Å²) >= 11 is 0. The highest BCUT2D eigenvalue weighted by molar-refractivity contribution is 7.91. The molecule has 2 aliphatic heterocycles. The van der Waals surface area contributed by atoms with Crippen LogP contribution in [-0.2, 0) is 9.84 Å². The van der Waals surface area contributed by atoms with Gasteiger partial charge in [-0.2, -0.15) is 0 Å². The molecule has 0 amide bonds. The molecule has 6 heteroatoms. The van der Waals surface area contributed by atoms with E-state index in [0.29, 0.717) is 22.6 Å². The van der Waals surface area contributed by atoms with Gasteiger partial charge in [-0.3, -0.25) is 0 Å². The minimum Gasteiger partial charge on any atom is -0.497 e. The van der Waals surface area contributed by atoms with Crippen LogP contribution in [0.5, 0.6) is 5.75 Å². The molecule has 0 saturated carbocycles. The van der Waals surface area contributed by atoms with Crippen molar-refractivity contribution >= 4 is 15.5 Å². The van der Waals surface area contributed by atoms with Crippen LogP contribution in [0.3, 0.4) is 0 Å². The molecule has 0 unspecified atom stereocenters. The quantitative estimate of drug-likeness (QED) is 0.786. The molecule has 0 N–H and O–H groups in total. The Labute approximate surface area is 167 Å². The van der Waals surface area contributed by atoms with Crippen LogP contribution >= 0.6 is 0 Å². The molecule has 28 heavy (non-hydrogen) atoms. The van der Waals surface area contributed by atoms with Gasteiger partial charge in [0.15, 0.2) is 0 Å². The first-order valence-electron chi connectivity index (χ1n) is 9.94. The zero-order valence-corrected chi connectivity index (χ0v) is 17.6. The summed E-state index contributed by atoms with van der Waals surface area (Å²) in [7, 11) is 0.103. The lowest BCUT2D eigenvalue weighted by molar-refractivity contribution is 0.298. The minimum absolute atomic E-state index is 0.271. The molecule has 0 aliphatic carbocycles. The van der Waals surface area contributed by atoms with Crippen molar-refractivity contribution in [3.8, 4) is 5.75 Å². The third kappa shape index (κ3) is 3.18. The van der Waals surface area contributed by atoms with Crippen molar-refractivity contribution in [1.29, 1.82) is 0 Å². The van der Waals surface area contributed by atoms with Crippen molar-refractivity contribution in [2.45, 2.75) is 41.5 Å². The largest absolute Gasteiger partial charge is 0.497 e. The van der Waals surface area contributed by atoms with Gasteiger partial charge in [0.2, 0.25) is 9.84 Å². The van der Waals surface area contributed by atoms with Crippen molar-refractivity contribution in [2.75, 3.05) is 38.7 Å². The molecule has 2 heterocycles. The summed E-state index contributed by atoms with van der Waals surface area (Å²) in [6, 6.07) is 12.8. The summed E-state index contributed by atoms with van der Waals surface area (Å²) in [5, 5.41) is 0. The number of benzene rings is 2. The molecule has 2 aromatic carbocycles. The Hall–Kier alpha value is -2.05. The van der Waals surface area contributed by atoms with Crippen molar-refractivity contribution in [3.63, 3.8) is 0 Å². The molecule has 2 aliphatic rings. The molecule has 0 aromatic heterocycles. The van der Waals surface area contributed by atoms with Gasteiger partial charge in [-0.05, 0) is 67.9 Å². The van der Waals surface area contributed by atoms with E-state index in [0.717, 1.165) is 32.5 Å². The first kappa shape index (κ1) is 19.3. The van der Waals surface area contributed by atoms with Gasteiger partial charge >= 0.3 is 0 Å². The Morgan fingerprint density at radius 3 is 2.57 bits per heavy atom. The van der Waals surface area contributed by atoms with Gasteiger partial charge in [-0.15, -0.1) is 0 Å². The van der Waals surface area contributed by atoms with Crippen LogP contribution in [0.15, 0.2) is 52.3 Å². The Kier molecular flexibility index (Phi) is 5.10. The predicted molar refractivity (Wildman–Crippen MR) is 111 cm³/mol. The number of rotatable bonds is 4. The topological polar surface area (TPSA) is 49.9 Å². The van der Waals surface area contributed by atoms with Crippen LogP contribution in [-0.4, -0.2) is 53.2 Å². The fraction of sp³-hybridized carbons (Fsp3) is 0.455. The Balaban J connectivity index is 1.72. The number of ether oxygens (including phenoxy) is 1. The smallest absolute Gasteiger partial charge is 0.206 e. The Morgan fingerprint density at radius 2 is 1.82 bits per heavy atom. The second-order valence-electron chi connectivity index (χ2n) is 7.70. The van der Waals surface area contributed by atoms with E-state index in [1.165, 1.54) is 11.3 Å². The molecule has 2 aromatic rings. The van der Waals surface area contributed by atoms with Crippen molar-refractivity contribution in [1.82, 2.24) is 4.90 Å². The van der Waals surface area contributed by atoms with E-state index in [4.69, 9.17) is 4.74 Å². The number of likely N-dealkylation sites (tertiary alicyclic amines) is 1. The fourth-order valence-corrected chi connectivity index (χ4v) is 6.02. The molecule has 1 fully saturated rings. The summed E-state index contributed by atoms with van der Waals surface area (Å²) in [4.78, 5) is 5.47. The number of methoxy groups -OCH3 is 1. The van der Waals surface area contributed by atoms with Crippen molar-refractivity contribution < 1.29 is 13.2 Å². The number of likely N-dealkylation sites (N-methyl/N-ethyl adjacent to an activating group) is 1. The summed E-state index contributed by atoms with van der Waals surface area (Å²) < 4.78 is 31.7. The second kappa shape index (κ2) is 7.41. The van der Waals surface area contributed by atoms with Gasteiger partial charge in [-0.25, -0.2) is 8.42 Å². The zero-order valence-electron chi connectivity index (χ0n) is 16.8. The standard InChI is InChI=1S/C22H28N2O3S/c1-4-24-12-10-19-20-15-18(8-9-21(20)23(2)22(19)11-13-24)28(25,26)17-7-5-6-16(14-17)27-3/h5-9,14-15,19,22H,4,10-13H2,1-3H3/t19-,22+/m0/s1. The van der Waals surface area contributed by atoms with E-state index in [1.807, 2.05) is 12.1 Å². The van der Waals surface area contributed by atoms with E-state index in [9.17, 15) is 8.42 Å².